The number of carbonyl (C=O) groups excluding carboxylic acids is 6. The summed E-state index contributed by atoms with van der Waals surface area (Å²) in [5.41, 5.74) is -5.80. The highest BCUT2D eigenvalue weighted by atomic mass is 35.5. The fraction of sp³-hybridized carbons (Fsp3) is 0.571. The van der Waals surface area contributed by atoms with Crippen molar-refractivity contribution in [2.75, 3.05) is 0 Å². The number of halogens is 3. The molecule has 1 aromatic carbocycles. The minimum atomic E-state index is -1.41. The van der Waals surface area contributed by atoms with Gasteiger partial charge in [-0.2, -0.15) is 0 Å². The van der Waals surface area contributed by atoms with Crippen molar-refractivity contribution >= 4 is 71.0 Å². The van der Waals surface area contributed by atoms with E-state index in [0.717, 1.165) is 6.07 Å². The molecule has 43 heavy (non-hydrogen) atoms. The van der Waals surface area contributed by atoms with Crippen LogP contribution in [0.25, 0.3) is 0 Å². The lowest BCUT2D eigenvalue weighted by Gasteiger charge is -2.28. The van der Waals surface area contributed by atoms with Crippen LogP contribution in [-0.4, -0.2) is 68.4 Å². The van der Waals surface area contributed by atoms with Crippen LogP contribution in [0.5, 0.6) is 0 Å². The average Bonchev–Trinajstić information content (AvgIpc) is 2.71. The first-order chi connectivity index (χ1) is 19.1. The number of imide groups is 6. The first-order valence-electron chi connectivity index (χ1n) is 12.8. The van der Waals surface area contributed by atoms with E-state index in [9.17, 15) is 28.8 Å². The molecule has 0 bridgehead atoms. The number of benzene rings is 1. The summed E-state index contributed by atoms with van der Waals surface area (Å²) < 4.78 is 20.8. The van der Waals surface area contributed by atoms with Crippen molar-refractivity contribution in [2.45, 2.75) is 105 Å². The Morgan fingerprint density at radius 2 is 0.791 bits per heavy atom. The van der Waals surface area contributed by atoms with E-state index in [1.54, 1.807) is 0 Å². The number of ether oxygens (including phenoxy) is 4. The van der Waals surface area contributed by atoms with Crippen LogP contribution in [0.1, 0.15) is 104 Å². The molecular weight excluding hydrogens is 631 g/mol. The van der Waals surface area contributed by atoms with Gasteiger partial charge in [0.25, 0.3) is 11.8 Å². The average molecular weight is 668 g/mol. The van der Waals surface area contributed by atoms with Crippen molar-refractivity contribution in [1.29, 1.82) is 0 Å². The monoisotopic (exact) mass is 666 g/mol. The Labute approximate surface area is 265 Å². The Hall–Kier alpha value is -3.09. The maximum atomic E-state index is 13.6. The van der Waals surface area contributed by atoms with Crippen molar-refractivity contribution in [1.82, 2.24) is 9.80 Å². The smallest absolute Gasteiger partial charge is 0.427 e. The molecule has 0 radical (unpaired) electrons. The molecule has 0 aliphatic heterocycles. The highest BCUT2D eigenvalue weighted by Crippen LogP contribution is 2.37. The highest BCUT2D eigenvalue weighted by molar-refractivity contribution is 6.48. The first kappa shape index (κ1) is 37.9. The molecule has 0 atom stereocenters. The number of rotatable bonds is 2. The normalized spacial score (nSPS) is 12.2. The summed E-state index contributed by atoms with van der Waals surface area (Å²) in [4.78, 5) is 79.0. The van der Waals surface area contributed by atoms with Crippen LogP contribution in [-0.2, 0) is 18.9 Å². The highest BCUT2D eigenvalue weighted by Gasteiger charge is 2.42. The SMILES string of the molecule is CC(C)(C)OC(=O)N(C(=O)OC(C)(C)C)C(=O)c1cc(Cl)c(C(=O)N(C(=O)OC(C)(C)C)C(=O)OC(C)(C)C)c(Cl)c1Cl. The van der Waals surface area contributed by atoms with Crippen LogP contribution in [0.3, 0.4) is 0 Å². The van der Waals surface area contributed by atoms with Gasteiger partial charge in [-0.3, -0.25) is 9.59 Å². The Morgan fingerprint density at radius 1 is 0.512 bits per heavy atom. The van der Waals surface area contributed by atoms with Crippen LogP contribution in [0.15, 0.2) is 6.07 Å². The van der Waals surface area contributed by atoms with Crippen molar-refractivity contribution in [2.24, 2.45) is 0 Å². The number of hydrogen-bond acceptors (Lipinski definition) is 10. The molecule has 6 amide bonds. The summed E-state index contributed by atoms with van der Waals surface area (Å²) in [6.07, 6.45) is -5.60. The Balaban J connectivity index is 3.78. The van der Waals surface area contributed by atoms with Crippen molar-refractivity contribution in [3.8, 4) is 0 Å². The minimum absolute atomic E-state index is 0.0368. The summed E-state index contributed by atoms with van der Waals surface area (Å²) >= 11 is 19.1. The maximum absolute atomic E-state index is 13.6. The largest absolute Gasteiger partial charge is 0.443 e. The van der Waals surface area contributed by atoms with Crippen LogP contribution < -0.4 is 0 Å². The van der Waals surface area contributed by atoms with E-state index in [1.165, 1.54) is 83.1 Å². The summed E-state index contributed by atoms with van der Waals surface area (Å²) in [7, 11) is 0. The van der Waals surface area contributed by atoms with Gasteiger partial charge in [0.05, 0.1) is 26.2 Å². The molecule has 0 aliphatic carbocycles. The van der Waals surface area contributed by atoms with Crippen LogP contribution >= 0.6 is 34.8 Å². The summed E-state index contributed by atoms with van der Waals surface area (Å²) in [6, 6.07) is 0.829. The topological polar surface area (TPSA) is 146 Å². The lowest BCUT2D eigenvalue weighted by molar-refractivity contribution is 0.000957. The van der Waals surface area contributed by atoms with Gasteiger partial charge in [-0.25, -0.2) is 19.2 Å². The van der Waals surface area contributed by atoms with E-state index in [4.69, 9.17) is 53.8 Å². The third kappa shape index (κ3) is 11.2. The third-order valence-corrected chi connectivity index (χ3v) is 5.48. The Morgan fingerprint density at radius 3 is 1.07 bits per heavy atom. The quantitative estimate of drug-likeness (QED) is 0.223. The molecule has 0 saturated heterocycles. The second-order valence-corrected chi connectivity index (χ2v) is 14.3. The van der Waals surface area contributed by atoms with Gasteiger partial charge < -0.3 is 18.9 Å². The minimum Gasteiger partial charge on any atom is -0.443 e. The zero-order valence-corrected chi connectivity index (χ0v) is 28.5. The molecule has 0 heterocycles. The van der Waals surface area contributed by atoms with Crippen LogP contribution in [0.2, 0.25) is 15.1 Å². The first-order valence-corrected chi connectivity index (χ1v) is 14.0. The fourth-order valence-electron chi connectivity index (χ4n) is 2.89. The second-order valence-electron chi connectivity index (χ2n) is 13.1. The molecule has 0 spiro atoms. The number of nitrogens with zero attached hydrogens (tertiary/aromatic N) is 2. The molecular formula is C28H37Cl3N2O10. The number of amides is 6. The second kappa shape index (κ2) is 13.3. The zero-order valence-electron chi connectivity index (χ0n) is 26.2. The van der Waals surface area contributed by atoms with Crippen molar-refractivity contribution in [3.05, 3.63) is 32.3 Å². The van der Waals surface area contributed by atoms with Gasteiger partial charge in [-0.15, -0.1) is 9.80 Å². The van der Waals surface area contributed by atoms with Crippen molar-refractivity contribution < 1.29 is 47.7 Å². The predicted molar refractivity (Wildman–Crippen MR) is 159 cm³/mol. The third-order valence-electron chi connectivity index (χ3n) is 4.31. The lowest BCUT2D eigenvalue weighted by Crippen LogP contribution is -2.47. The van der Waals surface area contributed by atoms with E-state index in [-0.39, 0.29) is 9.80 Å². The van der Waals surface area contributed by atoms with E-state index in [2.05, 4.69) is 0 Å². The molecule has 0 aromatic heterocycles. The Bertz CT molecular complexity index is 1260. The van der Waals surface area contributed by atoms with Crippen LogP contribution in [0.4, 0.5) is 19.2 Å². The standard InChI is InChI=1S/C28H37Cl3N2O10/c1-25(2,3)40-21(36)32(22(37)41-26(4,5)6)19(34)14-13-15(29)16(18(31)17(14)30)20(35)33(23(38)42-27(7,8)9)24(39)43-28(10,11)12/h13H,1-12H3. The van der Waals surface area contributed by atoms with Gasteiger partial charge in [0.2, 0.25) is 0 Å². The lowest BCUT2D eigenvalue weighted by atomic mass is 10.1. The van der Waals surface area contributed by atoms with Crippen LogP contribution in [0, 0.1) is 0 Å². The van der Waals surface area contributed by atoms with Gasteiger partial charge in [-0.05, 0) is 89.2 Å². The molecule has 12 nitrogen and oxygen atoms in total. The van der Waals surface area contributed by atoms with Gasteiger partial charge in [0.1, 0.15) is 22.4 Å². The number of hydrogen-bond donors (Lipinski definition) is 0. The van der Waals surface area contributed by atoms with E-state index in [1.807, 2.05) is 0 Å². The molecule has 1 aromatic rings. The molecule has 0 aliphatic rings. The molecule has 240 valence electrons. The van der Waals surface area contributed by atoms with E-state index in [0.29, 0.717) is 0 Å². The molecule has 15 heteroatoms. The maximum Gasteiger partial charge on any atom is 0.427 e. The molecule has 1 rings (SSSR count). The van der Waals surface area contributed by atoms with Gasteiger partial charge in [0, 0.05) is 0 Å². The molecule has 0 N–H and O–H groups in total. The summed E-state index contributed by atoms with van der Waals surface area (Å²) in [5.74, 6) is -2.75. The summed E-state index contributed by atoms with van der Waals surface area (Å²) in [5, 5.41) is -1.91. The molecule has 0 saturated carbocycles. The Kier molecular flexibility index (Phi) is 11.7. The van der Waals surface area contributed by atoms with Gasteiger partial charge in [0.15, 0.2) is 0 Å². The fourth-order valence-corrected chi connectivity index (χ4v) is 3.74. The van der Waals surface area contributed by atoms with Crippen molar-refractivity contribution in [3.63, 3.8) is 0 Å². The predicted octanol–water partition coefficient (Wildman–Crippen LogP) is 8.27. The molecule has 0 fully saturated rings. The number of carbonyl (C=O) groups is 6. The van der Waals surface area contributed by atoms with Gasteiger partial charge >= 0.3 is 24.4 Å². The summed E-state index contributed by atoms with van der Waals surface area (Å²) in [6.45, 7) is 18.0. The van der Waals surface area contributed by atoms with E-state index >= 15 is 0 Å². The zero-order chi connectivity index (χ0) is 34.0. The van der Waals surface area contributed by atoms with E-state index < -0.39 is 84.8 Å². The van der Waals surface area contributed by atoms with Gasteiger partial charge in [-0.1, -0.05) is 34.8 Å². The molecule has 0 unspecified atom stereocenters.